The Balaban J connectivity index is 2.11. The van der Waals surface area contributed by atoms with Gasteiger partial charge in [-0.1, -0.05) is 12.1 Å². The number of hydrogen-bond donors (Lipinski definition) is 1. The molecule has 86 valence electrons. The van der Waals surface area contributed by atoms with Crippen molar-refractivity contribution in [2.45, 2.75) is 0 Å². The minimum absolute atomic E-state index is 0.00923. The number of thiophene rings is 1. The van der Waals surface area contributed by atoms with Gasteiger partial charge in [0.1, 0.15) is 5.69 Å². The van der Waals surface area contributed by atoms with E-state index in [0.717, 1.165) is 5.56 Å². The summed E-state index contributed by atoms with van der Waals surface area (Å²) < 4.78 is 0. The van der Waals surface area contributed by atoms with Crippen LogP contribution < -0.4 is 5.43 Å². The Kier molecular flexibility index (Phi) is 3.46. The molecule has 1 heterocycles. The maximum absolute atomic E-state index is 10.7. The SMILES string of the molecule is O=[N+]([O-])c1ccccc1N/N=C\c1ccsc1. The molecule has 1 aromatic heterocycles. The summed E-state index contributed by atoms with van der Waals surface area (Å²) in [5.74, 6) is 0. The van der Waals surface area contributed by atoms with Gasteiger partial charge < -0.3 is 0 Å². The predicted molar refractivity (Wildman–Crippen MR) is 68.6 cm³/mol. The first-order valence-electron chi connectivity index (χ1n) is 4.82. The Bertz CT molecular complexity index is 537. The van der Waals surface area contributed by atoms with Gasteiger partial charge in [0.25, 0.3) is 5.69 Å². The minimum Gasteiger partial charge on any atom is -0.272 e. The van der Waals surface area contributed by atoms with Crippen molar-refractivity contribution < 1.29 is 4.92 Å². The van der Waals surface area contributed by atoms with E-state index in [1.54, 1.807) is 35.8 Å². The highest BCUT2D eigenvalue weighted by atomic mass is 32.1. The van der Waals surface area contributed by atoms with Crippen molar-refractivity contribution >= 4 is 28.9 Å². The second-order valence-electron chi connectivity index (χ2n) is 3.20. The van der Waals surface area contributed by atoms with E-state index in [9.17, 15) is 10.1 Å². The zero-order valence-electron chi connectivity index (χ0n) is 8.74. The summed E-state index contributed by atoms with van der Waals surface area (Å²) in [6, 6.07) is 8.29. The molecule has 0 amide bonds. The molecule has 17 heavy (non-hydrogen) atoms. The van der Waals surface area contributed by atoms with Crippen molar-refractivity contribution in [1.82, 2.24) is 0 Å². The van der Waals surface area contributed by atoms with Gasteiger partial charge in [0.05, 0.1) is 11.1 Å². The van der Waals surface area contributed by atoms with Crippen molar-refractivity contribution in [2.24, 2.45) is 5.10 Å². The number of nitrogens with one attached hydrogen (secondary N) is 1. The van der Waals surface area contributed by atoms with Crippen LogP contribution in [0.25, 0.3) is 0 Å². The molecule has 2 rings (SSSR count). The molecule has 0 unspecified atom stereocenters. The lowest BCUT2D eigenvalue weighted by atomic mass is 10.3. The number of hydrogen-bond acceptors (Lipinski definition) is 5. The summed E-state index contributed by atoms with van der Waals surface area (Å²) in [7, 11) is 0. The van der Waals surface area contributed by atoms with Gasteiger partial charge in [-0.2, -0.15) is 16.4 Å². The predicted octanol–water partition coefficient (Wildman–Crippen LogP) is 3.10. The number of nitrogens with zero attached hydrogens (tertiary/aromatic N) is 2. The number of rotatable bonds is 4. The topological polar surface area (TPSA) is 67.5 Å². The van der Waals surface area contributed by atoms with Crippen LogP contribution in [-0.2, 0) is 0 Å². The van der Waals surface area contributed by atoms with Gasteiger partial charge in [-0.25, -0.2) is 0 Å². The number of nitro groups is 1. The third-order valence-corrected chi connectivity index (χ3v) is 2.74. The molecule has 0 fully saturated rings. The Morgan fingerprint density at radius 3 is 2.88 bits per heavy atom. The highest BCUT2D eigenvalue weighted by molar-refractivity contribution is 7.08. The summed E-state index contributed by atoms with van der Waals surface area (Å²) in [4.78, 5) is 10.3. The van der Waals surface area contributed by atoms with E-state index in [4.69, 9.17) is 0 Å². The lowest BCUT2D eigenvalue weighted by Crippen LogP contribution is -1.96. The van der Waals surface area contributed by atoms with Crippen LogP contribution in [0.3, 0.4) is 0 Å². The average Bonchev–Trinajstić information content (AvgIpc) is 2.82. The van der Waals surface area contributed by atoms with E-state index >= 15 is 0 Å². The van der Waals surface area contributed by atoms with E-state index < -0.39 is 4.92 Å². The first kappa shape index (κ1) is 11.3. The van der Waals surface area contributed by atoms with E-state index in [1.165, 1.54) is 6.07 Å². The highest BCUT2D eigenvalue weighted by Crippen LogP contribution is 2.22. The Morgan fingerprint density at radius 1 is 1.35 bits per heavy atom. The number of para-hydroxylation sites is 2. The molecule has 1 N–H and O–H groups in total. The van der Waals surface area contributed by atoms with Crippen LogP contribution in [0.4, 0.5) is 11.4 Å². The molecular weight excluding hydrogens is 238 g/mol. The van der Waals surface area contributed by atoms with Crippen LogP contribution in [0.15, 0.2) is 46.2 Å². The molecule has 5 nitrogen and oxygen atoms in total. The van der Waals surface area contributed by atoms with Crippen molar-refractivity contribution in [3.05, 3.63) is 56.8 Å². The Morgan fingerprint density at radius 2 is 2.18 bits per heavy atom. The maximum Gasteiger partial charge on any atom is 0.294 e. The summed E-state index contributed by atoms with van der Waals surface area (Å²) in [5, 5.41) is 18.6. The smallest absolute Gasteiger partial charge is 0.272 e. The molecular formula is C11H9N3O2S. The van der Waals surface area contributed by atoms with E-state index in [2.05, 4.69) is 10.5 Å². The van der Waals surface area contributed by atoms with Crippen molar-refractivity contribution in [3.63, 3.8) is 0 Å². The molecule has 2 aromatic rings. The zero-order chi connectivity index (χ0) is 12.1. The molecule has 0 aliphatic carbocycles. The zero-order valence-corrected chi connectivity index (χ0v) is 9.55. The fourth-order valence-corrected chi connectivity index (χ4v) is 1.86. The van der Waals surface area contributed by atoms with E-state index in [-0.39, 0.29) is 5.69 Å². The second kappa shape index (κ2) is 5.22. The third-order valence-electron chi connectivity index (χ3n) is 2.04. The normalized spacial score (nSPS) is 10.6. The minimum atomic E-state index is -0.442. The lowest BCUT2D eigenvalue weighted by Gasteiger charge is -2.00. The maximum atomic E-state index is 10.7. The Labute approximate surface area is 102 Å². The lowest BCUT2D eigenvalue weighted by molar-refractivity contribution is -0.384. The summed E-state index contributed by atoms with van der Waals surface area (Å²) in [6.45, 7) is 0. The van der Waals surface area contributed by atoms with Crippen molar-refractivity contribution in [2.75, 3.05) is 5.43 Å². The fourth-order valence-electron chi connectivity index (χ4n) is 1.25. The molecule has 1 aromatic carbocycles. The first-order chi connectivity index (χ1) is 8.27. The second-order valence-corrected chi connectivity index (χ2v) is 3.98. The average molecular weight is 247 g/mol. The van der Waals surface area contributed by atoms with Gasteiger partial charge in [-0.05, 0) is 22.9 Å². The van der Waals surface area contributed by atoms with Crippen LogP contribution in [0, 0.1) is 10.1 Å². The number of benzene rings is 1. The molecule has 0 atom stereocenters. The third kappa shape index (κ3) is 2.88. The molecule has 6 heteroatoms. The van der Waals surface area contributed by atoms with E-state index in [0.29, 0.717) is 5.69 Å². The molecule has 0 radical (unpaired) electrons. The molecule has 0 saturated heterocycles. The summed E-state index contributed by atoms with van der Waals surface area (Å²) in [5.41, 5.74) is 4.01. The number of anilines is 1. The number of hydrazone groups is 1. The van der Waals surface area contributed by atoms with Crippen molar-refractivity contribution in [1.29, 1.82) is 0 Å². The molecule has 0 saturated carbocycles. The van der Waals surface area contributed by atoms with E-state index in [1.807, 2.05) is 16.8 Å². The molecule has 0 aliphatic rings. The molecule has 0 spiro atoms. The van der Waals surface area contributed by atoms with Gasteiger partial charge in [-0.15, -0.1) is 0 Å². The fraction of sp³-hybridized carbons (Fsp3) is 0. The first-order valence-corrected chi connectivity index (χ1v) is 5.76. The van der Waals surface area contributed by atoms with Crippen LogP contribution in [0.2, 0.25) is 0 Å². The monoisotopic (exact) mass is 247 g/mol. The van der Waals surface area contributed by atoms with Crippen LogP contribution in [0.5, 0.6) is 0 Å². The molecule has 0 aliphatic heterocycles. The van der Waals surface area contributed by atoms with Crippen LogP contribution in [-0.4, -0.2) is 11.1 Å². The van der Waals surface area contributed by atoms with Crippen LogP contribution in [0.1, 0.15) is 5.56 Å². The standard InChI is InChI=1S/C11H9N3O2S/c15-14(16)11-4-2-1-3-10(11)13-12-7-9-5-6-17-8-9/h1-8,13H/b12-7-. The quantitative estimate of drug-likeness (QED) is 0.512. The van der Waals surface area contributed by atoms with Crippen LogP contribution >= 0.6 is 11.3 Å². The van der Waals surface area contributed by atoms with Gasteiger partial charge in [0.15, 0.2) is 0 Å². The number of nitro benzene ring substituents is 1. The summed E-state index contributed by atoms with van der Waals surface area (Å²) >= 11 is 1.57. The van der Waals surface area contributed by atoms with Crippen molar-refractivity contribution in [3.8, 4) is 0 Å². The van der Waals surface area contributed by atoms with Gasteiger partial charge in [0, 0.05) is 11.6 Å². The van der Waals surface area contributed by atoms with Gasteiger partial charge >= 0.3 is 0 Å². The molecule has 0 bridgehead atoms. The van der Waals surface area contributed by atoms with Gasteiger partial charge in [0.2, 0.25) is 0 Å². The largest absolute Gasteiger partial charge is 0.294 e. The highest BCUT2D eigenvalue weighted by Gasteiger charge is 2.10. The van der Waals surface area contributed by atoms with Gasteiger partial charge in [-0.3, -0.25) is 15.5 Å². The Hall–Kier alpha value is -2.21. The summed E-state index contributed by atoms with van der Waals surface area (Å²) in [6.07, 6.45) is 1.62.